The van der Waals surface area contributed by atoms with E-state index in [1.165, 1.54) is 0 Å². The molecule has 0 saturated heterocycles. The number of aromatic amines is 1. The van der Waals surface area contributed by atoms with Crippen LogP contribution in [0.3, 0.4) is 0 Å². The number of aryl methyl sites for hydroxylation is 1. The molecular weight excluding hydrogens is 180 g/mol. The Morgan fingerprint density at radius 2 is 2.36 bits per heavy atom. The first-order valence-electron chi connectivity index (χ1n) is 4.41. The zero-order valence-corrected chi connectivity index (χ0v) is 8.11. The molecule has 74 valence electrons. The Labute approximate surface area is 81.3 Å². The zero-order valence-electron chi connectivity index (χ0n) is 8.11. The van der Waals surface area contributed by atoms with Crippen molar-refractivity contribution in [3.63, 3.8) is 0 Å². The molecule has 5 nitrogen and oxygen atoms in total. The molecule has 0 radical (unpaired) electrons. The normalized spacial score (nSPS) is 13.1. The lowest BCUT2D eigenvalue weighted by Crippen LogP contribution is -2.06. The predicted octanol–water partition coefficient (Wildman–Crippen LogP) is 1.39. The van der Waals surface area contributed by atoms with Gasteiger partial charge in [-0.2, -0.15) is 5.10 Å². The van der Waals surface area contributed by atoms with Crippen molar-refractivity contribution in [2.75, 3.05) is 0 Å². The van der Waals surface area contributed by atoms with Crippen molar-refractivity contribution >= 4 is 0 Å². The number of aromatic nitrogens is 3. The molecule has 0 amide bonds. The van der Waals surface area contributed by atoms with Crippen molar-refractivity contribution in [2.45, 2.75) is 19.9 Å². The Morgan fingerprint density at radius 3 is 2.86 bits per heavy atom. The van der Waals surface area contributed by atoms with E-state index in [0.29, 0.717) is 11.6 Å². The van der Waals surface area contributed by atoms with Crippen molar-refractivity contribution < 1.29 is 4.42 Å². The van der Waals surface area contributed by atoms with Gasteiger partial charge < -0.3 is 10.2 Å². The first kappa shape index (κ1) is 8.96. The van der Waals surface area contributed by atoms with Gasteiger partial charge in [0.15, 0.2) is 5.82 Å². The fourth-order valence-corrected chi connectivity index (χ4v) is 1.22. The Morgan fingerprint density at radius 1 is 1.57 bits per heavy atom. The minimum atomic E-state index is -0.136. The third-order valence-electron chi connectivity index (χ3n) is 2.03. The van der Waals surface area contributed by atoms with Gasteiger partial charge in [-0.3, -0.25) is 5.10 Å². The van der Waals surface area contributed by atoms with Crippen LogP contribution in [0.1, 0.15) is 24.6 Å². The van der Waals surface area contributed by atoms with Crippen LogP contribution in [0.15, 0.2) is 16.7 Å². The van der Waals surface area contributed by atoms with Crippen LogP contribution >= 0.6 is 0 Å². The van der Waals surface area contributed by atoms with Crippen molar-refractivity contribution in [3.05, 3.63) is 23.9 Å². The van der Waals surface area contributed by atoms with Gasteiger partial charge in [-0.15, -0.1) is 0 Å². The second-order valence-corrected chi connectivity index (χ2v) is 3.22. The predicted molar refractivity (Wildman–Crippen MR) is 51.4 cm³/mol. The van der Waals surface area contributed by atoms with Gasteiger partial charge in [-0.05, 0) is 19.9 Å². The fraction of sp³-hybridized carbons (Fsp3) is 0.333. The Kier molecular flexibility index (Phi) is 2.09. The molecule has 0 aliphatic carbocycles. The summed E-state index contributed by atoms with van der Waals surface area (Å²) < 4.78 is 5.16. The van der Waals surface area contributed by atoms with Gasteiger partial charge in [0, 0.05) is 0 Å². The molecule has 2 aromatic heterocycles. The van der Waals surface area contributed by atoms with E-state index in [-0.39, 0.29) is 6.04 Å². The minimum Gasteiger partial charge on any atom is -0.469 e. The van der Waals surface area contributed by atoms with Crippen molar-refractivity contribution in [3.8, 4) is 11.4 Å². The molecule has 2 heterocycles. The lowest BCUT2D eigenvalue weighted by molar-refractivity contribution is 0.535. The number of furan rings is 1. The minimum absolute atomic E-state index is 0.136. The molecule has 1 atom stereocenters. The number of hydrogen-bond acceptors (Lipinski definition) is 4. The summed E-state index contributed by atoms with van der Waals surface area (Å²) in [4.78, 5) is 4.26. The maximum Gasteiger partial charge on any atom is 0.184 e. The molecule has 0 spiro atoms. The highest BCUT2D eigenvalue weighted by atomic mass is 16.3. The van der Waals surface area contributed by atoms with Gasteiger partial charge in [-0.1, -0.05) is 0 Å². The first-order valence-corrected chi connectivity index (χ1v) is 4.41. The highest BCUT2D eigenvalue weighted by Gasteiger charge is 2.11. The molecule has 1 unspecified atom stereocenters. The lowest BCUT2D eigenvalue weighted by Gasteiger charge is -1.95. The van der Waals surface area contributed by atoms with E-state index in [2.05, 4.69) is 15.2 Å². The quantitative estimate of drug-likeness (QED) is 0.753. The largest absolute Gasteiger partial charge is 0.469 e. The van der Waals surface area contributed by atoms with Gasteiger partial charge in [0.25, 0.3) is 0 Å². The SMILES string of the molecule is Cc1occc1-c1n[nH]c(C(C)N)n1. The highest BCUT2D eigenvalue weighted by molar-refractivity contribution is 5.56. The molecule has 0 bridgehead atoms. The number of nitrogens with zero attached hydrogens (tertiary/aromatic N) is 2. The van der Waals surface area contributed by atoms with Crippen LogP contribution in [0, 0.1) is 6.92 Å². The smallest absolute Gasteiger partial charge is 0.184 e. The number of rotatable bonds is 2. The summed E-state index contributed by atoms with van der Waals surface area (Å²) in [5.74, 6) is 2.12. The number of hydrogen-bond donors (Lipinski definition) is 2. The summed E-state index contributed by atoms with van der Waals surface area (Å²) in [5.41, 5.74) is 6.56. The number of H-pyrrole nitrogens is 1. The molecule has 0 aliphatic rings. The molecule has 0 aromatic carbocycles. The van der Waals surface area contributed by atoms with E-state index in [1.54, 1.807) is 6.26 Å². The van der Waals surface area contributed by atoms with Crippen LogP contribution in [-0.2, 0) is 0 Å². The standard InChI is InChI=1S/C9H12N4O/c1-5(10)8-11-9(13-12-8)7-3-4-14-6(7)2/h3-5H,10H2,1-2H3,(H,11,12,13). The topological polar surface area (TPSA) is 80.7 Å². The highest BCUT2D eigenvalue weighted by Crippen LogP contribution is 2.20. The van der Waals surface area contributed by atoms with Crippen LogP contribution in [0.25, 0.3) is 11.4 Å². The second kappa shape index (κ2) is 3.26. The van der Waals surface area contributed by atoms with Gasteiger partial charge in [-0.25, -0.2) is 4.98 Å². The number of nitrogens with two attached hydrogens (primary N) is 1. The lowest BCUT2D eigenvalue weighted by atomic mass is 10.2. The van der Waals surface area contributed by atoms with E-state index in [4.69, 9.17) is 10.2 Å². The molecule has 3 N–H and O–H groups in total. The third-order valence-corrected chi connectivity index (χ3v) is 2.03. The fourth-order valence-electron chi connectivity index (χ4n) is 1.22. The Hall–Kier alpha value is -1.62. The molecule has 5 heteroatoms. The molecule has 2 rings (SSSR count). The molecule has 0 aliphatic heterocycles. The van der Waals surface area contributed by atoms with Crippen molar-refractivity contribution in [1.29, 1.82) is 0 Å². The van der Waals surface area contributed by atoms with E-state index >= 15 is 0 Å². The summed E-state index contributed by atoms with van der Waals surface area (Å²) in [6, 6.07) is 1.70. The maximum atomic E-state index is 5.66. The Bertz CT molecular complexity index is 429. The van der Waals surface area contributed by atoms with Gasteiger partial charge >= 0.3 is 0 Å². The summed E-state index contributed by atoms with van der Waals surface area (Å²) >= 11 is 0. The molecule has 0 fully saturated rings. The summed E-state index contributed by atoms with van der Waals surface area (Å²) in [6.07, 6.45) is 1.62. The maximum absolute atomic E-state index is 5.66. The third kappa shape index (κ3) is 1.42. The van der Waals surface area contributed by atoms with E-state index in [1.807, 2.05) is 19.9 Å². The van der Waals surface area contributed by atoms with Gasteiger partial charge in [0.1, 0.15) is 11.6 Å². The van der Waals surface area contributed by atoms with Crippen LogP contribution in [0.4, 0.5) is 0 Å². The van der Waals surface area contributed by atoms with E-state index in [9.17, 15) is 0 Å². The van der Waals surface area contributed by atoms with Crippen LogP contribution in [0.2, 0.25) is 0 Å². The summed E-state index contributed by atoms with van der Waals surface area (Å²) in [5, 5.41) is 6.86. The average Bonchev–Trinajstić information content (AvgIpc) is 2.71. The Balaban J connectivity index is 2.39. The summed E-state index contributed by atoms with van der Waals surface area (Å²) in [7, 11) is 0. The van der Waals surface area contributed by atoms with E-state index in [0.717, 1.165) is 11.3 Å². The van der Waals surface area contributed by atoms with Crippen LogP contribution in [-0.4, -0.2) is 15.2 Å². The zero-order chi connectivity index (χ0) is 10.1. The van der Waals surface area contributed by atoms with Crippen molar-refractivity contribution in [1.82, 2.24) is 15.2 Å². The summed E-state index contributed by atoms with van der Waals surface area (Å²) in [6.45, 7) is 3.73. The molecule has 14 heavy (non-hydrogen) atoms. The van der Waals surface area contributed by atoms with Gasteiger partial charge in [0.05, 0.1) is 17.9 Å². The van der Waals surface area contributed by atoms with Gasteiger partial charge in [0.2, 0.25) is 0 Å². The van der Waals surface area contributed by atoms with E-state index < -0.39 is 0 Å². The average molecular weight is 192 g/mol. The monoisotopic (exact) mass is 192 g/mol. The molecular formula is C9H12N4O. The first-order chi connectivity index (χ1) is 6.68. The van der Waals surface area contributed by atoms with Crippen LogP contribution < -0.4 is 5.73 Å². The molecule has 2 aromatic rings. The van der Waals surface area contributed by atoms with Crippen LogP contribution in [0.5, 0.6) is 0 Å². The van der Waals surface area contributed by atoms with Crippen molar-refractivity contribution in [2.24, 2.45) is 5.73 Å². The molecule has 0 saturated carbocycles. The second-order valence-electron chi connectivity index (χ2n) is 3.22. The number of nitrogens with one attached hydrogen (secondary N) is 1.